The van der Waals surface area contributed by atoms with Crippen molar-refractivity contribution in [1.82, 2.24) is 0 Å². The van der Waals surface area contributed by atoms with Gasteiger partial charge in [-0.3, -0.25) is 9.59 Å². The zero-order valence-corrected chi connectivity index (χ0v) is 11.3. The Bertz CT molecular complexity index is 185. The number of hydrogen-bond donors (Lipinski definition) is 0. The smallest absolute Gasteiger partial charge is 0.188 e. The molecule has 0 N–H and O–H groups in total. The fourth-order valence-corrected chi connectivity index (χ4v) is 3.34. The maximum Gasteiger partial charge on any atom is 0.188 e. The zero-order chi connectivity index (χ0) is 11.6. The molecule has 0 spiro atoms. The largest absolute Gasteiger partial charge is 0.287 e. The third-order valence-corrected chi connectivity index (χ3v) is 4.61. The first-order valence-corrected chi connectivity index (χ1v) is 8.07. The van der Waals surface area contributed by atoms with E-state index < -0.39 is 0 Å². The first-order chi connectivity index (χ1) is 7.79. The number of carbonyl (C=O) groups excluding carboxylic acids is 2. The highest BCUT2D eigenvalue weighted by atomic mass is 32.2. The molecule has 0 bridgehead atoms. The second-order valence-corrected chi connectivity index (χ2v) is 6.37. The highest BCUT2D eigenvalue weighted by Crippen LogP contribution is 2.17. The molecule has 1 saturated heterocycles. The number of carbonyl (C=O) groups is 2. The van der Waals surface area contributed by atoms with Crippen LogP contribution >= 0.6 is 23.5 Å². The van der Waals surface area contributed by atoms with Crippen molar-refractivity contribution in [3.63, 3.8) is 0 Å². The molecule has 0 aromatic heterocycles. The monoisotopic (exact) mass is 260 g/mol. The van der Waals surface area contributed by atoms with E-state index in [2.05, 4.69) is 0 Å². The Hall–Kier alpha value is 0.0400. The molecule has 1 fully saturated rings. The molecule has 0 radical (unpaired) electrons. The summed E-state index contributed by atoms with van der Waals surface area (Å²) < 4.78 is 0. The lowest BCUT2D eigenvalue weighted by molar-refractivity contribution is -0.111. The molecule has 4 heteroatoms. The minimum Gasteiger partial charge on any atom is -0.287 e. The van der Waals surface area contributed by atoms with E-state index in [1.807, 2.05) is 0 Å². The van der Waals surface area contributed by atoms with Gasteiger partial charge in [0.15, 0.2) is 10.2 Å². The molecule has 0 saturated carbocycles. The standard InChI is InChI=1S/C12H20O2S2/c13-11-7-3-1-5-9-15-12(14)8-4-2-6-10-16-11/h1-10H2. The summed E-state index contributed by atoms with van der Waals surface area (Å²) >= 11 is 2.95. The molecule has 0 aromatic carbocycles. The molecular formula is C12H20O2S2. The predicted octanol–water partition coefficient (Wildman–Crippen LogP) is 3.64. The summed E-state index contributed by atoms with van der Waals surface area (Å²) in [6, 6.07) is 0. The summed E-state index contributed by atoms with van der Waals surface area (Å²) in [6.45, 7) is 0. The van der Waals surface area contributed by atoms with E-state index in [0.29, 0.717) is 23.1 Å². The minimum absolute atomic E-state index is 0.348. The quantitative estimate of drug-likeness (QED) is 0.666. The lowest BCUT2D eigenvalue weighted by Crippen LogP contribution is -1.98. The van der Waals surface area contributed by atoms with Crippen LogP contribution in [0.4, 0.5) is 0 Å². The van der Waals surface area contributed by atoms with E-state index in [-0.39, 0.29) is 0 Å². The van der Waals surface area contributed by atoms with Crippen LogP contribution in [0.25, 0.3) is 0 Å². The first kappa shape index (κ1) is 14.1. The van der Waals surface area contributed by atoms with Gasteiger partial charge >= 0.3 is 0 Å². The van der Waals surface area contributed by atoms with Gasteiger partial charge in [0.2, 0.25) is 0 Å². The van der Waals surface area contributed by atoms with Gasteiger partial charge in [0.1, 0.15) is 0 Å². The third kappa shape index (κ3) is 7.34. The van der Waals surface area contributed by atoms with Gasteiger partial charge in [-0.2, -0.15) is 0 Å². The van der Waals surface area contributed by atoms with E-state index >= 15 is 0 Å². The van der Waals surface area contributed by atoms with Crippen molar-refractivity contribution in [2.75, 3.05) is 11.5 Å². The van der Waals surface area contributed by atoms with Crippen LogP contribution in [0.15, 0.2) is 0 Å². The van der Waals surface area contributed by atoms with E-state index in [0.717, 1.165) is 50.0 Å². The zero-order valence-electron chi connectivity index (χ0n) is 9.70. The van der Waals surface area contributed by atoms with Crippen molar-refractivity contribution in [1.29, 1.82) is 0 Å². The maximum atomic E-state index is 11.4. The second kappa shape index (κ2) is 9.11. The molecule has 0 aromatic rings. The topological polar surface area (TPSA) is 34.1 Å². The van der Waals surface area contributed by atoms with Crippen molar-refractivity contribution >= 4 is 33.8 Å². The van der Waals surface area contributed by atoms with Crippen LogP contribution < -0.4 is 0 Å². The fraction of sp³-hybridized carbons (Fsp3) is 0.833. The molecule has 1 aliphatic rings. The summed E-state index contributed by atoms with van der Waals surface area (Å²) in [5, 5.41) is 0.696. The molecule has 0 unspecified atom stereocenters. The van der Waals surface area contributed by atoms with Crippen LogP contribution in [-0.4, -0.2) is 21.7 Å². The van der Waals surface area contributed by atoms with Crippen LogP contribution in [-0.2, 0) is 9.59 Å². The van der Waals surface area contributed by atoms with Crippen molar-refractivity contribution < 1.29 is 9.59 Å². The van der Waals surface area contributed by atoms with Crippen LogP contribution in [0.3, 0.4) is 0 Å². The van der Waals surface area contributed by atoms with Gasteiger partial charge in [0.25, 0.3) is 0 Å². The van der Waals surface area contributed by atoms with Crippen molar-refractivity contribution in [3.8, 4) is 0 Å². The molecular weight excluding hydrogens is 240 g/mol. The average molecular weight is 260 g/mol. The predicted molar refractivity (Wildman–Crippen MR) is 71.9 cm³/mol. The number of thioether (sulfide) groups is 2. The summed E-state index contributed by atoms with van der Waals surface area (Å²) in [6.07, 6.45) is 7.68. The Morgan fingerprint density at radius 1 is 0.625 bits per heavy atom. The maximum absolute atomic E-state index is 11.4. The van der Waals surface area contributed by atoms with Crippen molar-refractivity contribution in [2.45, 2.75) is 51.4 Å². The van der Waals surface area contributed by atoms with Gasteiger partial charge in [0.05, 0.1) is 0 Å². The average Bonchev–Trinajstić information content (AvgIpc) is 2.27. The van der Waals surface area contributed by atoms with Gasteiger partial charge < -0.3 is 0 Å². The summed E-state index contributed by atoms with van der Waals surface area (Å²) in [4.78, 5) is 22.8. The highest BCUT2D eigenvalue weighted by Gasteiger charge is 2.06. The molecule has 0 aliphatic carbocycles. The molecule has 0 amide bonds. The fourth-order valence-electron chi connectivity index (χ4n) is 1.61. The van der Waals surface area contributed by atoms with E-state index in [9.17, 15) is 9.59 Å². The SMILES string of the molecule is O=C1CCCCCSC(=O)CCCCCS1. The Kier molecular flexibility index (Phi) is 8.03. The summed E-state index contributed by atoms with van der Waals surface area (Å²) in [5.74, 6) is 1.86. The summed E-state index contributed by atoms with van der Waals surface area (Å²) in [5.41, 5.74) is 0. The minimum atomic E-state index is 0.348. The van der Waals surface area contributed by atoms with E-state index in [1.165, 1.54) is 23.5 Å². The Morgan fingerprint density at radius 2 is 1.06 bits per heavy atom. The van der Waals surface area contributed by atoms with Crippen LogP contribution in [0, 0.1) is 0 Å². The van der Waals surface area contributed by atoms with Gasteiger partial charge in [-0.15, -0.1) is 0 Å². The van der Waals surface area contributed by atoms with Gasteiger partial charge in [-0.1, -0.05) is 36.4 Å². The Morgan fingerprint density at radius 3 is 1.50 bits per heavy atom. The molecule has 1 aliphatic heterocycles. The van der Waals surface area contributed by atoms with Crippen LogP contribution in [0.5, 0.6) is 0 Å². The molecule has 16 heavy (non-hydrogen) atoms. The third-order valence-electron chi connectivity index (χ3n) is 2.58. The molecule has 0 atom stereocenters. The van der Waals surface area contributed by atoms with Crippen molar-refractivity contribution in [2.24, 2.45) is 0 Å². The summed E-state index contributed by atoms with van der Waals surface area (Å²) in [7, 11) is 0. The van der Waals surface area contributed by atoms with Crippen molar-refractivity contribution in [3.05, 3.63) is 0 Å². The second-order valence-electron chi connectivity index (χ2n) is 4.06. The van der Waals surface area contributed by atoms with Gasteiger partial charge in [-0.05, 0) is 25.7 Å². The lowest BCUT2D eigenvalue weighted by atomic mass is 10.2. The normalized spacial score (nSPS) is 22.8. The Labute approximate surface area is 106 Å². The Balaban J connectivity index is 2.23. The molecule has 92 valence electrons. The number of rotatable bonds is 0. The highest BCUT2D eigenvalue weighted by molar-refractivity contribution is 8.13. The first-order valence-electron chi connectivity index (χ1n) is 6.10. The van der Waals surface area contributed by atoms with E-state index in [1.54, 1.807) is 0 Å². The molecule has 1 heterocycles. The van der Waals surface area contributed by atoms with Gasteiger partial charge in [-0.25, -0.2) is 0 Å². The van der Waals surface area contributed by atoms with E-state index in [4.69, 9.17) is 0 Å². The molecule has 2 nitrogen and oxygen atoms in total. The lowest BCUT2D eigenvalue weighted by Gasteiger charge is -2.04. The van der Waals surface area contributed by atoms with Crippen LogP contribution in [0.2, 0.25) is 0 Å². The molecule has 1 rings (SSSR count). The van der Waals surface area contributed by atoms with Gasteiger partial charge in [0, 0.05) is 24.3 Å². The number of hydrogen-bond acceptors (Lipinski definition) is 4. The van der Waals surface area contributed by atoms with Crippen LogP contribution in [0.1, 0.15) is 51.4 Å².